The van der Waals surface area contributed by atoms with Gasteiger partial charge in [-0.3, -0.25) is 9.59 Å². The second kappa shape index (κ2) is 11.3. The normalized spacial score (nSPS) is 13.7. The molecule has 3 aromatic carbocycles. The molecule has 3 aromatic rings. The largest absolute Gasteiger partial charge is 0.495 e. The maximum absolute atomic E-state index is 12.7. The fraction of sp³-hybridized carbons (Fsp3) is 0.185. The topological polar surface area (TPSA) is 61.9 Å². The summed E-state index contributed by atoms with van der Waals surface area (Å²) >= 11 is 12.3. The summed E-state index contributed by atoms with van der Waals surface area (Å²) in [6, 6.07) is 20.2. The number of rotatable bonds is 6. The molecule has 6 nitrogen and oxygen atoms in total. The minimum absolute atomic E-state index is 0.0357. The third-order valence-corrected chi connectivity index (χ3v) is 6.24. The third kappa shape index (κ3) is 5.96. The molecule has 8 heteroatoms. The Hall–Kier alpha value is -3.48. The number of piperazine rings is 1. The van der Waals surface area contributed by atoms with Crippen molar-refractivity contribution in [2.24, 2.45) is 0 Å². The van der Waals surface area contributed by atoms with Gasteiger partial charge in [0, 0.05) is 48.4 Å². The van der Waals surface area contributed by atoms with Gasteiger partial charge in [-0.1, -0.05) is 53.5 Å². The monoisotopic (exact) mass is 509 g/mol. The number of methoxy groups -OCH3 is 1. The number of benzene rings is 3. The summed E-state index contributed by atoms with van der Waals surface area (Å²) in [4.78, 5) is 29.5. The van der Waals surface area contributed by atoms with Crippen molar-refractivity contribution in [1.29, 1.82) is 0 Å². The van der Waals surface area contributed by atoms with E-state index in [4.69, 9.17) is 27.9 Å². The van der Waals surface area contributed by atoms with Crippen LogP contribution >= 0.6 is 23.2 Å². The van der Waals surface area contributed by atoms with Crippen LogP contribution in [0.15, 0.2) is 72.8 Å². The Morgan fingerprint density at radius 1 is 0.943 bits per heavy atom. The van der Waals surface area contributed by atoms with Crippen LogP contribution in [0.2, 0.25) is 10.0 Å². The standard InChI is InChI=1S/C27H25Cl2N3O3/c1-35-26-20(17-21(28)18-22(26)29)11-12-25(33)30-23-9-5-6-10-24(23)31-13-15-32(16-14-31)27(34)19-7-3-2-4-8-19/h2-12,17-18H,13-16H2,1H3,(H,30,33)/b12-11+. The van der Waals surface area contributed by atoms with E-state index in [2.05, 4.69) is 10.2 Å². The van der Waals surface area contributed by atoms with E-state index in [1.165, 1.54) is 13.2 Å². The molecule has 35 heavy (non-hydrogen) atoms. The zero-order valence-corrected chi connectivity index (χ0v) is 20.7. The van der Waals surface area contributed by atoms with Crippen LogP contribution in [0.3, 0.4) is 0 Å². The highest BCUT2D eigenvalue weighted by Crippen LogP contribution is 2.33. The lowest BCUT2D eigenvalue weighted by Gasteiger charge is -2.37. The fourth-order valence-electron chi connectivity index (χ4n) is 4.03. The molecule has 0 atom stereocenters. The van der Waals surface area contributed by atoms with Gasteiger partial charge < -0.3 is 19.9 Å². The number of ether oxygens (including phenoxy) is 1. The van der Waals surface area contributed by atoms with E-state index in [9.17, 15) is 9.59 Å². The van der Waals surface area contributed by atoms with Crippen molar-refractivity contribution in [1.82, 2.24) is 4.90 Å². The molecule has 0 saturated carbocycles. The molecule has 1 fully saturated rings. The number of carbonyl (C=O) groups excluding carboxylic acids is 2. The zero-order chi connectivity index (χ0) is 24.8. The van der Waals surface area contributed by atoms with Gasteiger partial charge in [0.25, 0.3) is 5.91 Å². The van der Waals surface area contributed by atoms with Gasteiger partial charge >= 0.3 is 0 Å². The quantitative estimate of drug-likeness (QED) is 0.438. The van der Waals surface area contributed by atoms with E-state index in [0.29, 0.717) is 58.8 Å². The predicted molar refractivity (Wildman–Crippen MR) is 142 cm³/mol. The Labute approximate surface area is 214 Å². The van der Waals surface area contributed by atoms with E-state index < -0.39 is 0 Å². The molecule has 2 amide bonds. The lowest BCUT2D eigenvalue weighted by atomic mass is 10.1. The highest BCUT2D eigenvalue weighted by Gasteiger charge is 2.23. The Bertz CT molecular complexity index is 1240. The minimum Gasteiger partial charge on any atom is -0.495 e. The number of halogens is 2. The van der Waals surface area contributed by atoms with Crippen molar-refractivity contribution in [2.45, 2.75) is 0 Å². The summed E-state index contributed by atoms with van der Waals surface area (Å²) in [7, 11) is 1.51. The van der Waals surface area contributed by atoms with Gasteiger partial charge in [-0.2, -0.15) is 0 Å². The van der Waals surface area contributed by atoms with Crippen LogP contribution in [0, 0.1) is 0 Å². The number of anilines is 2. The van der Waals surface area contributed by atoms with Crippen LogP contribution in [-0.2, 0) is 4.79 Å². The molecular weight excluding hydrogens is 485 g/mol. The van der Waals surface area contributed by atoms with Crippen molar-refractivity contribution in [3.63, 3.8) is 0 Å². The molecule has 1 N–H and O–H groups in total. The van der Waals surface area contributed by atoms with E-state index >= 15 is 0 Å². The highest BCUT2D eigenvalue weighted by molar-refractivity contribution is 6.36. The first kappa shape index (κ1) is 24.6. The van der Waals surface area contributed by atoms with Crippen LogP contribution in [-0.4, -0.2) is 50.0 Å². The smallest absolute Gasteiger partial charge is 0.253 e. The van der Waals surface area contributed by atoms with E-state index in [1.54, 1.807) is 18.2 Å². The second-order valence-corrected chi connectivity index (χ2v) is 8.84. The second-order valence-electron chi connectivity index (χ2n) is 8.00. The van der Waals surface area contributed by atoms with Crippen LogP contribution < -0.4 is 15.0 Å². The molecule has 1 aliphatic rings. The fourth-order valence-corrected chi connectivity index (χ4v) is 4.61. The number of carbonyl (C=O) groups is 2. The Morgan fingerprint density at radius 3 is 2.34 bits per heavy atom. The van der Waals surface area contributed by atoms with Gasteiger partial charge in [-0.15, -0.1) is 0 Å². The summed E-state index contributed by atoms with van der Waals surface area (Å²) < 4.78 is 5.33. The summed E-state index contributed by atoms with van der Waals surface area (Å²) in [5.41, 5.74) is 2.90. The number of nitrogens with one attached hydrogen (secondary N) is 1. The maximum Gasteiger partial charge on any atom is 0.253 e. The first-order valence-corrected chi connectivity index (χ1v) is 11.9. The van der Waals surface area contributed by atoms with Gasteiger partial charge in [0.2, 0.25) is 5.91 Å². The molecule has 0 spiro atoms. The van der Waals surface area contributed by atoms with Gasteiger partial charge in [-0.25, -0.2) is 0 Å². The average Bonchev–Trinajstić information content (AvgIpc) is 2.88. The Balaban J connectivity index is 1.42. The molecule has 0 aromatic heterocycles. The SMILES string of the molecule is COc1c(Cl)cc(Cl)cc1/C=C/C(=O)Nc1ccccc1N1CCN(C(=O)c2ccccc2)CC1. The van der Waals surface area contributed by atoms with E-state index in [-0.39, 0.29) is 11.8 Å². The average molecular weight is 510 g/mol. The van der Waals surface area contributed by atoms with E-state index in [1.807, 2.05) is 59.5 Å². The molecule has 1 aliphatic heterocycles. The third-order valence-electron chi connectivity index (χ3n) is 5.75. The van der Waals surface area contributed by atoms with Gasteiger partial charge in [0.05, 0.1) is 23.5 Å². The van der Waals surface area contributed by atoms with E-state index in [0.717, 1.165) is 5.69 Å². The van der Waals surface area contributed by atoms with Gasteiger partial charge in [0.1, 0.15) is 5.75 Å². The van der Waals surface area contributed by atoms with Crippen molar-refractivity contribution < 1.29 is 14.3 Å². The lowest BCUT2D eigenvalue weighted by molar-refractivity contribution is -0.111. The van der Waals surface area contributed by atoms with Crippen molar-refractivity contribution in [3.8, 4) is 5.75 Å². The Kier molecular flexibility index (Phi) is 7.95. The van der Waals surface area contributed by atoms with Gasteiger partial charge in [0.15, 0.2) is 0 Å². The van der Waals surface area contributed by atoms with Crippen LogP contribution in [0.25, 0.3) is 6.08 Å². The van der Waals surface area contributed by atoms with Gasteiger partial charge in [-0.05, 0) is 42.5 Å². The zero-order valence-electron chi connectivity index (χ0n) is 19.2. The first-order valence-electron chi connectivity index (χ1n) is 11.2. The van der Waals surface area contributed by atoms with Crippen LogP contribution in [0.5, 0.6) is 5.75 Å². The number of para-hydroxylation sites is 2. The summed E-state index contributed by atoms with van der Waals surface area (Å²) in [6.07, 6.45) is 3.03. The molecule has 0 aliphatic carbocycles. The molecular formula is C27H25Cl2N3O3. The molecule has 1 heterocycles. The van der Waals surface area contributed by atoms with Crippen molar-refractivity contribution >= 4 is 52.5 Å². The predicted octanol–water partition coefficient (Wildman–Crippen LogP) is 5.62. The van der Waals surface area contributed by atoms with Crippen molar-refractivity contribution in [2.75, 3.05) is 43.5 Å². The molecule has 180 valence electrons. The molecule has 1 saturated heterocycles. The minimum atomic E-state index is -0.298. The summed E-state index contributed by atoms with van der Waals surface area (Å²) in [5.74, 6) is 0.186. The number of nitrogens with zero attached hydrogens (tertiary/aromatic N) is 2. The van der Waals surface area contributed by atoms with Crippen LogP contribution in [0.1, 0.15) is 15.9 Å². The first-order chi connectivity index (χ1) is 17.0. The van der Waals surface area contributed by atoms with Crippen LogP contribution in [0.4, 0.5) is 11.4 Å². The lowest BCUT2D eigenvalue weighted by Crippen LogP contribution is -2.49. The summed E-state index contributed by atoms with van der Waals surface area (Å²) in [5, 5.41) is 3.77. The number of hydrogen-bond acceptors (Lipinski definition) is 4. The molecule has 0 radical (unpaired) electrons. The highest BCUT2D eigenvalue weighted by atomic mass is 35.5. The molecule has 0 bridgehead atoms. The molecule has 0 unspecified atom stereocenters. The number of hydrogen-bond donors (Lipinski definition) is 1. The summed E-state index contributed by atoms with van der Waals surface area (Å²) in [6.45, 7) is 2.54. The Morgan fingerprint density at radius 2 is 1.63 bits per heavy atom. The number of amides is 2. The van der Waals surface area contributed by atoms with Crippen molar-refractivity contribution in [3.05, 3.63) is 94.0 Å². The molecule has 4 rings (SSSR count). The maximum atomic E-state index is 12.7.